The summed E-state index contributed by atoms with van der Waals surface area (Å²) in [7, 11) is 0. The van der Waals surface area contributed by atoms with Crippen LogP contribution in [0, 0.1) is 34.3 Å². The number of aromatic nitrogens is 5. The van der Waals surface area contributed by atoms with Gasteiger partial charge in [-0.1, -0.05) is 22.8 Å². The summed E-state index contributed by atoms with van der Waals surface area (Å²) in [5, 5.41) is 8.37. The minimum Gasteiger partial charge on any atom is -0.423 e. The van der Waals surface area contributed by atoms with Gasteiger partial charge in [0, 0.05) is 13.1 Å². The smallest absolute Gasteiger partial charge is 0.367 e. The monoisotopic (exact) mass is 344 g/mol. The van der Waals surface area contributed by atoms with E-state index in [4.69, 9.17) is 11.0 Å². The number of fused-ring (bicyclic) bond motifs is 1. The number of aryl methyl sites for hydroxylation is 4. The first-order chi connectivity index (χ1) is 12.5. The van der Waals surface area contributed by atoms with Crippen molar-refractivity contribution in [1.29, 1.82) is 0 Å². The number of pyridine rings is 1. The standard InChI is InChI=1S/C19H16N6O/c1-10-8-11(2)16(12(3)9-10)25-17(23-24-19(25)20-5)14-6-7-21-18-15(14)22-13(4)26-18/h6-9H,1-4H3. The number of rotatable bonds is 2. The van der Waals surface area contributed by atoms with Gasteiger partial charge in [-0.15, -0.1) is 6.57 Å². The van der Waals surface area contributed by atoms with Gasteiger partial charge in [0.1, 0.15) is 5.52 Å². The van der Waals surface area contributed by atoms with Crippen molar-refractivity contribution in [1.82, 2.24) is 24.7 Å². The lowest BCUT2D eigenvalue weighted by atomic mass is 10.0. The van der Waals surface area contributed by atoms with Gasteiger partial charge >= 0.3 is 5.95 Å². The normalized spacial score (nSPS) is 11.0. The average molecular weight is 344 g/mol. The predicted octanol–water partition coefficient (Wildman–Crippen LogP) is 4.25. The van der Waals surface area contributed by atoms with Crippen molar-refractivity contribution < 1.29 is 4.42 Å². The van der Waals surface area contributed by atoms with E-state index in [2.05, 4.69) is 44.1 Å². The molecule has 0 spiro atoms. The van der Waals surface area contributed by atoms with Crippen molar-refractivity contribution >= 4 is 17.2 Å². The molecule has 7 heteroatoms. The summed E-state index contributed by atoms with van der Waals surface area (Å²) in [6, 6.07) is 5.99. The van der Waals surface area contributed by atoms with E-state index in [9.17, 15) is 0 Å². The topological polar surface area (TPSA) is 74.0 Å². The van der Waals surface area contributed by atoms with Gasteiger partial charge in [-0.3, -0.25) is 0 Å². The van der Waals surface area contributed by atoms with Crippen LogP contribution in [-0.4, -0.2) is 24.7 Å². The number of oxazole rings is 1. The van der Waals surface area contributed by atoms with E-state index in [0.717, 1.165) is 22.4 Å². The Hall–Kier alpha value is -3.53. The molecular formula is C19H16N6O. The summed E-state index contributed by atoms with van der Waals surface area (Å²) in [6.07, 6.45) is 1.65. The minimum atomic E-state index is 0.209. The summed E-state index contributed by atoms with van der Waals surface area (Å²) in [6.45, 7) is 15.4. The zero-order chi connectivity index (χ0) is 18.4. The van der Waals surface area contributed by atoms with Crippen molar-refractivity contribution in [2.75, 3.05) is 0 Å². The van der Waals surface area contributed by atoms with Crippen LogP contribution in [0.4, 0.5) is 5.95 Å². The van der Waals surface area contributed by atoms with Gasteiger partial charge in [0.15, 0.2) is 5.89 Å². The van der Waals surface area contributed by atoms with Crippen LogP contribution in [0.2, 0.25) is 0 Å². The molecule has 0 unspecified atom stereocenters. The quantitative estimate of drug-likeness (QED) is 0.508. The molecule has 4 rings (SSSR count). The molecule has 7 nitrogen and oxygen atoms in total. The van der Waals surface area contributed by atoms with Crippen molar-refractivity contribution in [3.05, 3.63) is 58.4 Å². The Balaban J connectivity index is 2.07. The van der Waals surface area contributed by atoms with Crippen LogP contribution >= 0.6 is 0 Å². The largest absolute Gasteiger partial charge is 0.423 e. The third-order valence-electron chi connectivity index (χ3n) is 4.25. The molecule has 0 aliphatic heterocycles. The summed E-state index contributed by atoms with van der Waals surface area (Å²) in [4.78, 5) is 12.2. The highest BCUT2D eigenvalue weighted by molar-refractivity contribution is 5.87. The molecule has 4 aromatic rings. The van der Waals surface area contributed by atoms with E-state index in [0.29, 0.717) is 22.9 Å². The minimum absolute atomic E-state index is 0.209. The van der Waals surface area contributed by atoms with Crippen LogP contribution in [0.15, 0.2) is 28.8 Å². The number of benzene rings is 1. The molecule has 26 heavy (non-hydrogen) atoms. The van der Waals surface area contributed by atoms with Gasteiger partial charge in [-0.2, -0.15) is 0 Å². The Bertz CT molecular complexity index is 1170. The van der Waals surface area contributed by atoms with Crippen LogP contribution in [-0.2, 0) is 0 Å². The molecule has 3 heterocycles. The van der Waals surface area contributed by atoms with E-state index in [1.165, 1.54) is 5.56 Å². The number of hydrogen-bond donors (Lipinski definition) is 0. The Morgan fingerprint density at radius 3 is 2.50 bits per heavy atom. The molecule has 0 aliphatic rings. The summed E-state index contributed by atoms with van der Waals surface area (Å²) >= 11 is 0. The second kappa shape index (κ2) is 5.77. The Kier molecular flexibility index (Phi) is 3.55. The molecule has 0 saturated carbocycles. The van der Waals surface area contributed by atoms with Crippen molar-refractivity contribution in [2.45, 2.75) is 27.7 Å². The molecule has 0 bridgehead atoms. The highest BCUT2D eigenvalue weighted by Crippen LogP contribution is 2.33. The van der Waals surface area contributed by atoms with Crippen LogP contribution in [0.1, 0.15) is 22.6 Å². The molecule has 0 radical (unpaired) electrons. The molecule has 1 aromatic carbocycles. The zero-order valence-electron chi connectivity index (χ0n) is 14.9. The summed E-state index contributed by atoms with van der Waals surface area (Å²) in [5.41, 5.74) is 5.96. The Morgan fingerprint density at radius 1 is 1.08 bits per heavy atom. The summed E-state index contributed by atoms with van der Waals surface area (Å²) in [5.74, 6) is 1.28. The number of nitrogens with zero attached hydrogens (tertiary/aromatic N) is 6. The fraction of sp³-hybridized carbons (Fsp3) is 0.211. The molecule has 128 valence electrons. The molecule has 0 atom stereocenters. The second-order valence-electron chi connectivity index (χ2n) is 6.26. The predicted molar refractivity (Wildman–Crippen MR) is 97.4 cm³/mol. The molecule has 0 fully saturated rings. The molecule has 0 saturated heterocycles. The van der Waals surface area contributed by atoms with Crippen LogP contribution in [0.3, 0.4) is 0 Å². The molecule has 0 N–H and O–H groups in total. The second-order valence-corrected chi connectivity index (χ2v) is 6.26. The highest BCUT2D eigenvalue weighted by Gasteiger charge is 2.24. The SMILES string of the molecule is [C-]#[N+]c1nnc(-c2ccnc3oc(C)nc23)n1-c1c(C)cc(C)cc1C. The van der Waals surface area contributed by atoms with E-state index < -0.39 is 0 Å². The van der Waals surface area contributed by atoms with Gasteiger partial charge in [-0.25, -0.2) is 14.5 Å². The van der Waals surface area contributed by atoms with Gasteiger partial charge in [0.2, 0.25) is 11.5 Å². The maximum Gasteiger partial charge on any atom is 0.367 e. The fourth-order valence-electron chi connectivity index (χ4n) is 3.37. The van der Waals surface area contributed by atoms with E-state index in [1.54, 1.807) is 17.7 Å². The van der Waals surface area contributed by atoms with E-state index in [-0.39, 0.29) is 5.95 Å². The lowest BCUT2D eigenvalue weighted by Gasteiger charge is -2.13. The van der Waals surface area contributed by atoms with Crippen LogP contribution in [0.25, 0.3) is 33.2 Å². The summed E-state index contributed by atoms with van der Waals surface area (Å²) < 4.78 is 7.32. The maximum absolute atomic E-state index is 7.52. The van der Waals surface area contributed by atoms with E-state index in [1.807, 2.05) is 19.9 Å². The maximum atomic E-state index is 7.52. The third kappa shape index (κ3) is 2.35. The van der Waals surface area contributed by atoms with Gasteiger partial charge in [-0.05, 0) is 43.1 Å². The van der Waals surface area contributed by atoms with Crippen molar-refractivity contribution in [3.8, 4) is 17.1 Å². The van der Waals surface area contributed by atoms with Gasteiger partial charge in [0.25, 0.3) is 0 Å². The molecule has 0 aliphatic carbocycles. The highest BCUT2D eigenvalue weighted by atomic mass is 16.4. The third-order valence-corrected chi connectivity index (χ3v) is 4.25. The zero-order valence-corrected chi connectivity index (χ0v) is 14.9. The van der Waals surface area contributed by atoms with Gasteiger partial charge < -0.3 is 9.26 Å². The number of hydrogen-bond acceptors (Lipinski definition) is 5. The fourth-order valence-corrected chi connectivity index (χ4v) is 3.37. The first-order valence-corrected chi connectivity index (χ1v) is 8.13. The van der Waals surface area contributed by atoms with Gasteiger partial charge in [0.05, 0.1) is 11.3 Å². The Morgan fingerprint density at radius 2 is 1.81 bits per heavy atom. The van der Waals surface area contributed by atoms with Crippen LogP contribution in [0.5, 0.6) is 0 Å². The van der Waals surface area contributed by atoms with Crippen molar-refractivity contribution in [2.24, 2.45) is 0 Å². The van der Waals surface area contributed by atoms with E-state index >= 15 is 0 Å². The molecule has 0 amide bonds. The molecular weight excluding hydrogens is 328 g/mol. The Labute approximate surface area is 150 Å². The molecule has 3 aromatic heterocycles. The first kappa shape index (κ1) is 16.0. The lowest BCUT2D eigenvalue weighted by Crippen LogP contribution is -2.03. The van der Waals surface area contributed by atoms with Crippen LogP contribution < -0.4 is 0 Å². The van der Waals surface area contributed by atoms with Crippen molar-refractivity contribution in [3.63, 3.8) is 0 Å². The first-order valence-electron chi connectivity index (χ1n) is 8.13. The lowest BCUT2D eigenvalue weighted by molar-refractivity contribution is 0.551. The average Bonchev–Trinajstić information content (AvgIpc) is 3.16.